The third kappa shape index (κ3) is 2.38. The van der Waals surface area contributed by atoms with Crippen LogP contribution in [-0.2, 0) is 4.74 Å². The van der Waals surface area contributed by atoms with Gasteiger partial charge in [-0.25, -0.2) is 4.79 Å². The molecule has 1 aromatic rings. The number of carbonyl (C=O) groups excluding carboxylic acids is 1. The largest absolute Gasteiger partial charge is 0.486 e. The van der Waals surface area contributed by atoms with Gasteiger partial charge >= 0.3 is 5.97 Å². The molecule has 16 heavy (non-hydrogen) atoms. The normalized spacial score (nSPS) is 16.7. The Bertz CT molecular complexity index is 424. The van der Waals surface area contributed by atoms with Gasteiger partial charge in [0.25, 0.3) is 0 Å². The van der Waals surface area contributed by atoms with Crippen molar-refractivity contribution >= 4 is 21.9 Å². The van der Waals surface area contributed by atoms with E-state index in [1.807, 2.05) is 0 Å². The molecule has 0 saturated heterocycles. The van der Waals surface area contributed by atoms with Crippen LogP contribution in [0.2, 0.25) is 0 Å². The van der Waals surface area contributed by atoms with E-state index in [0.29, 0.717) is 11.3 Å². The Morgan fingerprint density at radius 2 is 2.12 bits per heavy atom. The van der Waals surface area contributed by atoms with E-state index in [9.17, 15) is 4.79 Å². The number of halogens is 1. The first kappa shape index (κ1) is 11.5. The Labute approximate surface area is 103 Å². The second kappa shape index (κ2) is 4.09. The van der Waals surface area contributed by atoms with E-state index < -0.39 is 0 Å². The zero-order valence-electron chi connectivity index (χ0n) is 9.25. The van der Waals surface area contributed by atoms with Crippen molar-refractivity contribution in [1.29, 1.82) is 0 Å². The van der Waals surface area contributed by atoms with E-state index in [4.69, 9.17) is 4.74 Å². The van der Waals surface area contributed by atoms with Crippen LogP contribution in [0.4, 0.5) is 0 Å². The molecule has 0 aliphatic heterocycles. The van der Waals surface area contributed by atoms with Gasteiger partial charge in [-0.05, 0) is 53.9 Å². The summed E-state index contributed by atoms with van der Waals surface area (Å²) >= 11 is 3.40. The van der Waals surface area contributed by atoms with E-state index >= 15 is 0 Å². The van der Waals surface area contributed by atoms with Crippen molar-refractivity contribution in [3.05, 3.63) is 28.2 Å². The minimum absolute atomic E-state index is 0.0583. The average molecular weight is 285 g/mol. The fourth-order valence-corrected chi connectivity index (χ4v) is 1.70. The molecule has 0 radical (unpaired) electrons. The molecule has 0 aromatic heterocycles. The summed E-state index contributed by atoms with van der Waals surface area (Å²) in [6.07, 6.45) is 2.11. The molecule has 0 spiro atoms. The minimum atomic E-state index is -0.349. The smallest absolute Gasteiger partial charge is 0.337 e. The van der Waals surface area contributed by atoms with Gasteiger partial charge in [0.15, 0.2) is 0 Å². The number of methoxy groups -OCH3 is 1. The lowest BCUT2D eigenvalue weighted by molar-refractivity contribution is 0.0599. The van der Waals surface area contributed by atoms with Crippen molar-refractivity contribution in [3.8, 4) is 5.75 Å². The summed E-state index contributed by atoms with van der Waals surface area (Å²) in [6.45, 7) is 2.06. The highest BCUT2D eigenvalue weighted by Gasteiger charge is 2.40. The van der Waals surface area contributed by atoms with Crippen LogP contribution in [0.25, 0.3) is 0 Å². The molecule has 1 saturated carbocycles. The number of benzene rings is 1. The highest BCUT2D eigenvalue weighted by atomic mass is 79.9. The molecule has 1 fully saturated rings. The Hall–Kier alpha value is -1.03. The topological polar surface area (TPSA) is 35.5 Å². The van der Waals surface area contributed by atoms with E-state index in [2.05, 4.69) is 27.6 Å². The lowest BCUT2D eigenvalue weighted by Crippen LogP contribution is -2.13. The fraction of sp³-hybridized carbons (Fsp3) is 0.417. The molecule has 0 atom stereocenters. The molecule has 0 N–H and O–H groups in total. The molecule has 86 valence electrons. The molecule has 0 bridgehead atoms. The summed E-state index contributed by atoms with van der Waals surface area (Å²) in [5.41, 5.74) is 0.446. The molecule has 1 aliphatic rings. The molecule has 4 heteroatoms. The van der Waals surface area contributed by atoms with Gasteiger partial charge in [0, 0.05) is 0 Å². The molecular weight excluding hydrogens is 272 g/mol. The number of hydrogen-bond donors (Lipinski definition) is 0. The molecule has 2 rings (SSSR count). The molecule has 0 unspecified atom stereocenters. The maximum atomic E-state index is 11.4. The van der Waals surface area contributed by atoms with Crippen molar-refractivity contribution in [3.63, 3.8) is 0 Å². The number of rotatable bonds is 3. The van der Waals surface area contributed by atoms with Crippen LogP contribution < -0.4 is 4.74 Å². The summed E-state index contributed by atoms with van der Waals surface area (Å²) in [5, 5.41) is 0. The molecule has 3 nitrogen and oxygen atoms in total. The van der Waals surface area contributed by atoms with Crippen molar-refractivity contribution in [2.24, 2.45) is 0 Å². The lowest BCUT2D eigenvalue weighted by atomic mass is 10.2. The zero-order valence-corrected chi connectivity index (χ0v) is 10.8. The fourth-order valence-electron chi connectivity index (χ4n) is 1.37. The van der Waals surface area contributed by atoms with Crippen molar-refractivity contribution in [2.75, 3.05) is 7.11 Å². The molecule has 1 aromatic carbocycles. The second-order valence-electron chi connectivity index (χ2n) is 4.19. The van der Waals surface area contributed by atoms with E-state index in [-0.39, 0.29) is 11.6 Å². The third-order valence-electron chi connectivity index (χ3n) is 2.66. The summed E-state index contributed by atoms with van der Waals surface area (Å²) in [5.74, 6) is 0.348. The Kier molecular flexibility index (Phi) is 2.93. The van der Waals surface area contributed by atoms with Crippen LogP contribution in [0.1, 0.15) is 30.1 Å². The quantitative estimate of drug-likeness (QED) is 0.800. The number of ether oxygens (including phenoxy) is 2. The first-order chi connectivity index (χ1) is 7.54. The molecule has 1 aliphatic carbocycles. The molecule has 0 heterocycles. The van der Waals surface area contributed by atoms with Crippen molar-refractivity contribution in [2.45, 2.75) is 25.4 Å². The van der Waals surface area contributed by atoms with Gasteiger partial charge in [0.1, 0.15) is 11.4 Å². The number of esters is 1. The first-order valence-electron chi connectivity index (χ1n) is 5.11. The zero-order chi connectivity index (χ0) is 11.8. The standard InChI is InChI=1S/C12H13BrO3/c1-12(5-6-12)16-10-7-8(11(14)15-2)3-4-9(10)13/h3-4,7H,5-6H2,1-2H3. The van der Waals surface area contributed by atoms with Gasteiger partial charge in [-0.1, -0.05) is 0 Å². The highest BCUT2D eigenvalue weighted by molar-refractivity contribution is 9.10. The second-order valence-corrected chi connectivity index (χ2v) is 5.04. The van der Waals surface area contributed by atoms with Gasteiger partial charge in [0.05, 0.1) is 17.1 Å². The van der Waals surface area contributed by atoms with Crippen molar-refractivity contribution in [1.82, 2.24) is 0 Å². The molecular formula is C12H13BrO3. The summed E-state index contributed by atoms with van der Waals surface area (Å²) in [6, 6.07) is 5.21. The minimum Gasteiger partial charge on any atom is -0.486 e. The first-order valence-corrected chi connectivity index (χ1v) is 5.90. The monoisotopic (exact) mass is 284 g/mol. The summed E-state index contributed by atoms with van der Waals surface area (Å²) < 4.78 is 11.3. The van der Waals surface area contributed by atoms with Gasteiger partial charge in [-0.2, -0.15) is 0 Å². The Morgan fingerprint density at radius 3 is 2.69 bits per heavy atom. The van der Waals surface area contributed by atoms with Gasteiger partial charge < -0.3 is 9.47 Å². The molecule has 0 amide bonds. The van der Waals surface area contributed by atoms with Gasteiger partial charge in [0.2, 0.25) is 0 Å². The van der Waals surface area contributed by atoms with E-state index in [0.717, 1.165) is 17.3 Å². The Balaban J connectivity index is 2.25. The van der Waals surface area contributed by atoms with Crippen LogP contribution in [-0.4, -0.2) is 18.7 Å². The predicted molar refractivity (Wildman–Crippen MR) is 63.7 cm³/mol. The Morgan fingerprint density at radius 1 is 1.44 bits per heavy atom. The summed E-state index contributed by atoms with van der Waals surface area (Å²) in [7, 11) is 1.37. The van der Waals surface area contributed by atoms with Crippen LogP contribution >= 0.6 is 15.9 Å². The SMILES string of the molecule is COC(=O)c1ccc(Br)c(OC2(C)CC2)c1. The third-order valence-corrected chi connectivity index (χ3v) is 3.32. The maximum Gasteiger partial charge on any atom is 0.337 e. The summed E-state index contributed by atoms with van der Waals surface area (Å²) in [4.78, 5) is 11.4. The number of carbonyl (C=O) groups is 1. The lowest BCUT2D eigenvalue weighted by Gasteiger charge is -2.14. The van der Waals surface area contributed by atoms with Gasteiger partial charge in [-0.3, -0.25) is 0 Å². The van der Waals surface area contributed by atoms with Gasteiger partial charge in [-0.15, -0.1) is 0 Å². The average Bonchev–Trinajstić information content (AvgIpc) is 2.98. The van der Waals surface area contributed by atoms with Crippen LogP contribution in [0.5, 0.6) is 5.75 Å². The number of hydrogen-bond acceptors (Lipinski definition) is 3. The van der Waals surface area contributed by atoms with Crippen LogP contribution in [0.3, 0.4) is 0 Å². The van der Waals surface area contributed by atoms with Crippen molar-refractivity contribution < 1.29 is 14.3 Å². The van der Waals surface area contributed by atoms with Crippen LogP contribution in [0.15, 0.2) is 22.7 Å². The highest BCUT2D eigenvalue weighted by Crippen LogP contribution is 2.41. The maximum absolute atomic E-state index is 11.4. The van der Waals surface area contributed by atoms with E-state index in [1.165, 1.54) is 7.11 Å². The predicted octanol–water partition coefficient (Wildman–Crippen LogP) is 3.17. The van der Waals surface area contributed by atoms with Crippen LogP contribution in [0, 0.1) is 0 Å². The van der Waals surface area contributed by atoms with E-state index in [1.54, 1.807) is 18.2 Å².